The molecule has 0 saturated carbocycles. The van der Waals surface area contributed by atoms with Crippen LogP contribution in [0.2, 0.25) is 0 Å². The summed E-state index contributed by atoms with van der Waals surface area (Å²) in [5, 5.41) is 20.1. The molecule has 0 heterocycles. The van der Waals surface area contributed by atoms with E-state index in [4.69, 9.17) is 20.6 Å². The van der Waals surface area contributed by atoms with Gasteiger partial charge in [-0.2, -0.15) is 0 Å². The number of alkyl carbamates (subject to hydrolysis) is 1. The summed E-state index contributed by atoms with van der Waals surface area (Å²) in [6, 6.07) is 7.93. The Morgan fingerprint density at radius 3 is 2.45 bits per heavy atom. The predicted octanol–water partition coefficient (Wildman–Crippen LogP) is 1.79. The maximum absolute atomic E-state index is 12.4. The number of ether oxygens (including phenoxy) is 2. The molecule has 4 N–H and O–H groups in total. The van der Waals surface area contributed by atoms with Gasteiger partial charge in [-0.25, -0.2) is 19.7 Å². The zero-order valence-electron chi connectivity index (χ0n) is 16.7. The van der Waals surface area contributed by atoms with E-state index >= 15 is 0 Å². The van der Waals surface area contributed by atoms with E-state index in [0.717, 1.165) is 5.56 Å². The highest BCUT2D eigenvalue weighted by Crippen LogP contribution is 2.12. The summed E-state index contributed by atoms with van der Waals surface area (Å²) in [7, 11) is 0. The van der Waals surface area contributed by atoms with Gasteiger partial charge < -0.3 is 20.5 Å². The molecule has 1 amide bonds. The van der Waals surface area contributed by atoms with E-state index in [1.165, 1.54) is 0 Å². The topological polar surface area (TPSA) is 161 Å². The number of guanidine groups is 1. The normalized spacial score (nSPS) is 11.8. The van der Waals surface area contributed by atoms with E-state index in [9.17, 15) is 19.7 Å². The highest BCUT2D eigenvalue weighted by molar-refractivity contribution is 5.81. The molecule has 0 aromatic heterocycles. The van der Waals surface area contributed by atoms with Crippen molar-refractivity contribution in [1.82, 2.24) is 10.3 Å². The van der Waals surface area contributed by atoms with Gasteiger partial charge in [0, 0.05) is 0 Å². The first-order valence-electron chi connectivity index (χ1n) is 8.95. The van der Waals surface area contributed by atoms with Crippen molar-refractivity contribution in [2.75, 3.05) is 6.54 Å². The van der Waals surface area contributed by atoms with E-state index in [2.05, 4.69) is 5.32 Å². The van der Waals surface area contributed by atoms with Crippen molar-refractivity contribution in [2.45, 2.75) is 51.9 Å². The van der Waals surface area contributed by atoms with Crippen molar-refractivity contribution < 1.29 is 24.1 Å². The van der Waals surface area contributed by atoms with Gasteiger partial charge >= 0.3 is 12.1 Å². The molecule has 0 unspecified atom stereocenters. The number of hydrogen-bond acceptors (Lipinski definition) is 7. The van der Waals surface area contributed by atoms with Crippen LogP contribution in [0.25, 0.3) is 0 Å². The van der Waals surface area contributed by atoms with Gasteiger partial charge in [0.2, 0.25) is 0 Å². The quantitative estimate of drug-likeness (QED) is 0.183. The lowest BCUT2D eigenvalue weighted by atomic mass is 10.1. The molecule has 0 aliphatic heterocycles. The molecule has 0 bridgehead atoms. The Balaban J connectivity index is 2.69. The molecule has 11 nitrogen and oxygen atoms in total. The Bertz CT molecular complexity index is 705. The number of nitrogens with one attached hydrogen (secondary N) is 2. The summed E-state index contributed by atoms with van der Waals surface area (Å²) in [4.78, 5) is 35.4. The second-order valence-electron chi connectivity index (χ2n) is 7.18. The number of nitro groups is 1. The highest BCUT2D eigenvalue weighted by Gasteiger charge is 2.28. The van der Waals surface area contributed by atoms with Crippen LogP contribution in [0.4, 0.5) is 4.79 Å². The summed E-state index contributed by atoms with van der Waals surface area (Å²) in [6.45, 7) is 4.86. The Morgan fingerprint density at radius 2 is 1.93 bits per heavy atom. The van der Waals surface area contributed by atoms with E-state index in [1.807, 2.05) is 6.07 Å². The number of rotatable bonds is 9. The Labute approximate surface area is 168 Å². The SMILES string of the molecule is CC(C)(C)OC(=O)[C@H](CCCN(C(=N)N)[N+](=O)[O-])NC(=O)OCc1ccccc1. The van der Waals surface area contributed by atoms with Gasteiger partial charge in [-0.05, 0) is 39.2 Å². The number of carbonyl (C=O) groups excluding carboxylic acids is 2. The number of hydrogen-bond donors (Lipinski definition) is 3. The minimum Gasteiger partial charge on any atom is -0.458 e. The molecule has 0 saturated heterocycles. The maximum Gasteiger partial charge on any atom is 0.408 e. The van der Waals surface area contributed by atoms with Gasteiger partial charge in [0.1, 0.15) is 18.2 Å². The third-order valence-electron chi connectivity index (χ3n) is 3.53. The van der Waals surface area contributed by atoms with Crippen LogP contribution in [0.3, 0.4) is 0 Å². The molecule has 160 valence electrons. The number of nitrogens with two attached hydrogens (primary N) is 1. The number of hydrazine groups is 1. The molecule has 0 spiro atoms. The molecule has 0 fully saturated rings. The molecule has 0 radical (unpaired) electrons. The van der Waals surface area contributed by atoms with Crippen LogP contribution in [0.1, 0.15) is 39.2 Å². The van der Waals surface area contributed by atoms with E-state index in [-0.39, 0.29) is 26.0 Å². The van der Waals surface area contributed by atoms with Crippen LogP contribution in [0.15, 0.2) is 30.3 Å². The van der Waals surface area contributed by atoms with Crippen molar-refractivity contribution >= 4 is 18.0 Å². The Hall–Kier alpha value is -3.37. The van der Waals surface area contributed by atoms with Gasteiger partial charge in [0.05, 0.1) is 6.54 Å². The standard InChI is InChI=1S/C18H27N5O6/c1-18(2,3)29-15(24)14(10-7-11-22(16(19)20)23(26)27)21-17(25)28-12-13-8-5-4-6-9-13/h4-6,8-9,14H,7,10-12H2,1-3H3,(H3,19,20)(H,21,25)/t14-/m0/s1. The maximum atomic E-state index is 12.4. The minimum absolute atomic E-state index is 0.0210. The minimum atomic E-state index is -1.07. The zero-order chi connectivity index (χ0) is 22.0. The van der Waals surface area contributed by atoms with Crippen LogP contribution in [-0.4, -0.2) is 46.3 Å². The molecule has 0 aliphatic rings. The van der Waals surface area contributed by atoms with Crippen LogP contribution < -0.4 is 11.1 Å². The number of esters is 1. The molecule has 29 heavy (non-hydrogen) atoms. The molecule has 0 aliphatic carbocycles. The van der Waals surface area contributed by atoms with Gasteiger partial charge in [-0.3, -0.25) is 5.41 Å². The number of carbonyl (C=O) groups is 2. The van der Waals surface area contributed by atoms with Crippen LogP contribution >= 0.6 is 0 Å². The van der Waals surface area contributed by atoms with Crippen LogP contribution in [0.5, 0.6) is 0 Å². The van der Waals surface area contributed by atoms with Gasteiger partial charge in [-0.1, -0.05) is 35.3 Å². The summed E-state index contributed by atoms with van der Waals surface area (Å²) < 4.78 is 10.4. The molecule has 11 heteroatoms. The van der Waals surface area contributed by atoms with E-state index < -0.39 is 34.7 Å². The first-order chi connectivity index (χ1) is 13.5. The van der Waals surface area contributed by atoms with Crippen LogP contribution in [-0.2, 0) is 20.9 Å². The molecule has 1 aromatic rings. The molecular formula is C18H27N5O6. The smallest absolute Gasteiger partial charge is 0.408 e. The largest absolute Gasteiger partial charge is 0.458 e. The molecule has 1 atom stereocenters. The first-order valence-corrected chi connectivity index (χ1v) is 8.95. The molecule has 1 aromatic carbocycles. The van der Waals surface area contributed by atoms with E-state index in [1.54, 1.807) is 45.0 Å². The molecule has 1 rings (SSSR count). The number of amides is 1. The zero-order valence-corrected chi connectivity index (χ0v) is 16.7. The van der Waals surface area contributed by atoms with Crippen molar-refractivity contribution in [3.8, 4) is 0 Å². The third-order valence-corrected chi connectivity index (χ3v) is 3.53. The van der Waals surface area contributed by atoms with Crippen molar-refractivity contribution in [1.29, 1.82) is 5.41 Å². The highest BCUT2D eigenvalue weighted by atomic mass is 16.7. The lowest BCUT2D eigenvalue weighted by molar-refractivity contribution is -0.629. The summed E-state index contributed by atoms with van der Waals surface area (Å²) in [6.07, 6.45) is -0.682. The summed E-state index contributed by atoms with van der Waals surface area (Å²) >= 11 is 0. The van der Waals surface area contributed by atoms with Crippen molar-refractivity contribution in [2.24, 2.45) is 5.73 Å². The fourth-order valence-electron chi connectivity index (χ4n) is 2.26. The monoisotopic (exact) mass is 409 g/mol. The van der Waals surface area contributed by atoms with E-state index in [0.29, 0.717) is 5.01 Å². The summed E-state index contributed by atoms with van der Waals surface area (Å²) in [5.41, 5.74) is 5.16. The van der Waals surface area contributed by atoms with Gasteiger partial charge in [0.15, 0.2) is 5.03 Å². The summed E-state index contributed by atoms with van der Waals surface area (Å²) in [5.74, 6) is -1.41. The average Bonchev–Trinajstić information content (AvgIpc) is 2.61. The van der Waals surface area contributed by atoms with Gasteiger partial charge in [-0.15, -0.1) is 0 Å². The Morgan fingerprint density at radius 1 is 1.31 bits per heavy atom. The Kier molecular flexibility index (Phi) is 8.84. The fourth-order valence-corrected chi connectivity index (χ4v) is 2.26. The van der Waals surface area contributed by atoms with Crippen molar-refractivity contribution in [3.05, 3.63) is 46.0 Å². The predicted molar refractivity (Wildman–Crippen MR) is 104 cm³/mol. The lowest BCUT2D eigenvalue weighted by Crippen LogP contribution is -2.45. The number of benzene rings is 1. The number of nitrogens with zero attached hydrogens (tertiary/aromatic N) is 2. The third kappa shape index (κ3) is 9.40. The second kappa shape index (κ2) is 10.8. The first kappa shape index (κ1) is 23.7. The van der Waals surface area contributed by atoms with Gasteiger partial charge in [0.25, 0.3) is 5.96 Å². The van der Waals surface area contributed by atoms with Crippen molar-refractivity contribution in [3.63, 3.8) is 0 Å². The lowest BCUT2D eigenvalue weighted by Gasteiger charge is -2.24. The fraction of sp³-hybridized carbons (Fsp3) is 0.500. The molecular weight excluding hydrogens is 382 g/mol. The van der Waals surface area contributed by atoms with Crippen LogP contribution in [0, 0.1) is 15.5 Å². The average molecular weight is 409 g/mol. The second-order valence-corrected chi connectivity index (χ2v) is 7.18.